The van der Waals surface area contributed by atoms with Gasteiger partial charge in [-0.2, -0.15) is 18.2 Å². The van der Waals surface area contributed by atoms with Crippen molar-refractivity contribution in [2.45, 2.75) is 19.3 Å². The summed E-state index contributed by atoms with van der Waals surface area (Å²) in [5.41, 5.74) is -0.960. The Labute approximate surface area is 167 Å². The third kappa shape index (κ3) is 3.65. The van der Waals surface area contributed by atoms with Crippen LogP contribution in [0.1, 0.15) is 11.1 Å². The van der Waals surface area contributed by atoms with Crippen molar-refractivity contribution in [1.29, 1.82) is 0 Å². The van der Waals surface area contributed by atoms with Gasteiger partial charge in [0.15, 0.2) is 0 Å². The SMILES string of the molecule is O=c1c(-c2cccc(C(F)(F)F)c2)c(O)nc2n1CCN2Cc1ccc(Cl)nc1. The van der Waals surface area contributed by atoms with Crippen molar-refractivity contribution >= 4 is 17.5 Å². The molecule has 0 saturated carbocycles. The zero-order valence-corrected chi connectivity index (χ0v) is 15.6. The molecule has 0 spiro atoms. The zero-order valence-electron chi connectivity index (χ0n) is 14.8. The van der Waals surface area contributed by atoms with Gasteiger partial charge >= 0.3 is 6.18 Å². The molecule has 2 aromatic heterocycles. The number of benzene rings is 1. The van der Waals surface area contributed by atoms with Crippen molar-refractivity contribution in [3.63, 3.8) is 0 Å². The molecule has 29 heavy (non-hydrogen) atoms. The van der Waals surface area contributed by atoms with Crippen molar-refractivity contribution in [1.82, 2.24) is 14.5 Å². The van der Waals surface area contributed by atoms with Gasteiger partial charge in [-0.15, -0.1) is 0 Å². The van der Waals surface area contributed by atoms with Gasteiger partial charge in [-0.05, 0) is 29.3 Å². The summed E-state index contributed by atoms with van der Waals surface area (Å²) in [6, 6.07) is 7.69. The summed E-state index contributed by atoms with van der Waals surface area (Å²) in [6.45, 7) is 1.14. The molecule has 3 aromatic rings. The van der Waals surface area contributed by atoms with E-state index < -0.39 is 23.2 Å². The van der Waals surface area contributed by atoms with Gasteiger partial charge < -0.3 is 10.0 Å². The van der Waals surface area contributed by atoms with E-state index in [1.165, 1.54) is 16.7 Å². The fourth-order valence-electron chi connectivity index (χ4n) is 3.27. The number of fused-ring (bicyclic) bond motifs is 1. The fraction of sp³-hybridized carbons (Fsp3) is 0.211. The number of pyridine rings is 1. The van der Waals surface area contributed by atoms with Crippen LogP contribution in [0.25, 0.3) is 11.1 Å². The van der Waals surface area contributed by atoms with Crippen LogP contribution in [-0.2, 0) is 19.3 Å². The molecule has 0 bridgehead atoms. The Kier molecular flexibility index (Phi) is 4.70. The van der Waals surface area contributed by atoms with Gasteiger partial charge in [-0.25, -0.2) is 4.98 Å². The number of nitrogens with zero attached hydrogens (tertiary/aromatic N) is 4. The fourth-order valence-corrected chi connectivity index (χ4v) is 3.38. The van der Waals surface area contributed by atoms with Crippen LogP contribution in [0.3, 0.4) is 0 Å². The standard InChI is InChI=1S/C19H14ClF3N4O2/c20-14-5-4-11(9-24-14)10-26-6-7-27-17(29)15(16(28)25-18(26)27)12-2-1-3-13(8-12)19(21,22)23/h1-5,8-9,28H,6-7,10H2. The maximum absolute atomic E-state index is 13.0. The first-order chi connectivity index (χ1) is 13.7. The molecule has 1 aliphatic heterocycles. The summed E-state index contributed by atoms with van der Waals surface area (Å²) in [7, 11) is 0. The van der Waals surface area contributed by atoms with Crippen LogP contribution < -0.4 is 10.5 Å². The second-order valence-corrected chi connectivity index (χ2v) is 6.94. The molecule has 150 valence electrons. The Morgan fingerprint density at radius 3 is 2.66 bits per heavy atom. The summed E-state index contributed by atoms with van der Waals surface area (Å²) in [4.78, 5) is 22.8. The van der Waals surface area contributed by atoms with Crippen molar-refractivity contribution in [3.8, 4) is 17.0 Å². The summed E-state index contributed by atoms with van der Waals surface area (Å²) in [5, 5.41) is 10.7. The molecule has 0 unspecified atom stereocenters. The van der Waals surface area contributed by atoms with E-state index in [0.717, 1.165) is 17.7 Å². The molecule has 3 heterocycles. The topological polar surface area (TPSA) is 71.2 Å². The molecule has 1 N–H and O–H groups in total. The molecule has 0 radical (unpaired) electrons. The van der Waals surface area contributed by atoms with Crippen LogP contribution in [-0.4, -0.2) is 26.2 Å². The van der Waals surface area contributed by atoms with Crippen LogP contribution in [0.4, 0.5) is 19.1 Å². The molecular weight excluding hydrogens is 409 g/mol. The van der Waals surface area contributed by atoms with Crippen molar-refractivity contribution in [2.75, 3.05) is 11.4 Å². The molecule has 0 aliphatic carbocycles. The van der Waals surface area contributed by atoms with Gasteiger partial charge in [0.1, 0.15) is 10.7 Å². The Bertz CT molecular complexity index is 1130. The number of rotatable bonds is 3. The molecule has 4 rings (SSSR count). The number of aromatic nitrogens is 3. The minimum atomic E-state index is -4.56. The van der Waals surface area contributed by atoms with E-state index in [4.69, 9.17) is 11.6 Å². The highest BCUT2D eigenvalue weighted by Crippen LogP contribution is 2.34. The summed E-state index contributed by atoms with van der Waals surface area (Å²) in [5.74, 6) is -0.361. The molecule has 0 amide bonds. The van der Waals surface area contributed by atoms with Gasteiger partial charge in [-0.1, -0.05) is 29.8 Å². The molecule has 6 nitrogen and oxygen atoms in total. The highest BCUT2D eigenvalue weighted by Gasteiger charge is 2.32. The van der Waals surface area contributed by atoms with E-state index in [0.29, 0.717) is 24.8 Å². The largest absolute Gasteiger partial charge is 0.493 e. The summed E-state index contributed by atoms with van der Waals surface area (Å²) < 4.78 is 40.4. The van der Waals surface area contributed by atoms with Gasteiger partial charge in [0.25, 0.3) is 5.56 Å². The van der Waals surface area contributed by atoms with E-state index in [-0.39, 0.29) is 17.1 Å². The number of hydrogen-bond donors (Lipinski definition) is 1. The van der Waals surface area contributed by atoms with Crippen molar-refractivity contribution in [2.24, 2.45) is 0 Å². The zero-order chi connectivity index (χ0) is 20.8. The number of halogens is 4. The van der Waals surface area contributed by atoms with Crippen molar-refractivity contribution in [3.05, 3.63) is 69.2 Å². The molecule has 0 fully saturated rings. The first-order valence-corrected chi connectivity index (χ1v) is 8.98. The van der Waals surface area contributed by atoms with E-state index in [1.54, 1.807) is 23.2 Å². The lowest BCUT2D eigenvalue weighted by Crippen LogP contribution is -2.23. The van der Waals surface area contributed by atoms with E-state index >= 15 is 0 Å². The first kappa shape index (κ1) is 19.3. The lowest BCUT2D eigenvalue weighted by molar-refractivity contribution is -0.137. The normalized spacial score (nSPS) is 13.6. The predicted octanol–water partition coefficient (Wildman–Crippen LogP) is 3.70. The Balaban J connectivity index is 1.72. The molecule has 1 aromatic carbocycles. The van der Waals surface area contributed by atoms with Crippen LogP contribution in [0, 0.1) is 0 Å². The lowest BCUT2D eigenvalue weighted by Gasteiger charge is -2.18. The van der Waals surface area contributed by atoms with Crippen LogP contribution in [0.2, 0.25) is 5.15 Å². The van der Waals surface area contributed by atoms with Crippen LogP contribution in [0.15, 0.2) is 47.4 Å². The van der Waals surface area contributed by atoms with Crippen LogP contribution in [0.5, 0.6) is 5.88 Å². The summed E-state index contributed by atoms with van der Waals surface area (Å²) in [6.07, 6.45) is -2.96. The molecular formula is C19H14ClF3N4O2. The second-order valence-electron chi connectivity index (χ2n) is 6.56. The minimum Gasteiger partial charge on any atom is -0.493 e. The van der Waals surface area contributed by atoms with Gasteiger partial charge in [0.05, 0.1) is 5.56 Å². The first-order valence-electron chi connectivity index (χ1n) is 8.61. The third-order valence-corrected chi connectivity index (χ3v) is 4.87. The summed E-state index contributed by atoms with van der Waals surface area (Å²) >= 11 is 5.78. The Morgan fingerprint density at radius 2 is 1.97 bits per heavy atom. The van der Waals surface area contributed by atoms with Gasteiger partial charge in [-0.3, -0.25) is 9.36 Å². The Morgan fingerprint density at radius 1 is 1.17 bits per heavy atom. The molecule has 0 atom stereocenters. The highest BCUT2D eigenvalue weighted by molar-refractivity contribution is 6.29. The van der Waals surface area contributed by atoms with Crippen molar-refractivity contribution < 1.29 is 18.3 Å². The van der Waals surface area contributed by atoms with Crippen LogP contribution >= 0.6 is 11.6 Å². The Hall–Kier alpha value is -3.07. The molecule has 1 aliphatic rings. The maximum atomic E-state index is 13.0. The van der Waals surface area contributed by atoms with E-state index in [1.807, 2.05) is 0 Å². The number of alkyl halides is 3. The van der Waals surface area contributed by atoms with E-state index in [9.17, 15) is 23.1 Å². The average molecular weight is 423 g/mol. The minimum absolute atomic E-state index is 0.0366. The predicted molar refractivity (Wildman–Crippen MR) is 101 cm³/mol. The number of aromatic hydroxyl groups is 1. The quantitative estimate of drug-likeness (QED) is 0.652. The molecule has 0 saturated heterocycles. The van der Waals surface area contributed by atoms with E-state index in [2.05, 4.69) is 9.97 Å². The third-order valence-electron chi connectivity index (χ3n) is 4.65. The van der Waals surface area contributed by atoms with Gasteiger partial charge in [0.2, 0.25) is 11.8 Å². The van der Waals surface area contributed by atoms with Gasteiger partial charge in [0, 0.05) is 25.8 Å². The maximum Gasteiger partial charge on any atom is 0.416 e. The number of hydrogen-bond acceptors (Lipinski definition) is 5. The molecule has 10 heteroatoms. The second kappa shape index (κ2) is 7.07. The lowest BCUT2D eigenvalue weighted by atomic mass is 10.0. The monoisotopic (exact) mass is 422 g/mol. The smallest absolute Gasteiger partial charge is 0.416 e. The highest BCUT2D eigenvalue weighted by atomic mass is 35.5. The average Bonchev–Trinajstić information content (AvgIpc) is 3.06. The number of anilines is 1.